The molecule has 0 radical (unpaired) electrons. The van der Waals surface area contributed by atoms with Crippen molar-refractivity contribution in [2.45, 2.75) is 26.3 Å². The van der Waals surface area contributed by atoms with Crippen molar-refractivity contribution in [2.24, 2.45) is 0 Å². The molecule has 1 saturated heterocycles. The van der Waals surface area contributed by atoms with Gasteiger partial charge in [0.15, 0.2) is 9.84 Å². The summed E-state index contributed by atoms with van der Waals surface area (Å²) >= 11 is 3.46. The Morgan fingerprint density at radius 2 is 2.00 bits per heavy atom. The summed E-state index contributed by atoms with van der Waals surface area (Å²) in [5.74, 6) is 0.376. The Hall–Kier alpha value is -2.52. The van der Waals surface area contributed by atoms with Crippen LogP contribution in [-0.4, -0.2) is 40.6 Å². The van der Waals surface area contributed by atoms with E-state index in [9.17, 15) is 13.2 Å². The van der Waals surface area contributed by atoms with Gasteiger partial charge in [-0.25, -0.2) is 13.1 Å². The molecule has 30 heavy (non-hydrogen) atoms. The number of aryl methyl sites for hydroxylation is 2. The lowest BCUT2D eigenvalue weighted by atomic mass is 10.1. The van der Waals surface area contributed by atoms with Gasteiger partial charge in [-0.1, -0.05) is 28.1 Å². The molecule has 4 rings (SSSR count). The highest BCUT2D eigenvalue weighted by Gasteiger charge is 2.31. The molecule has 7 nitrogen and oxygen atoms in total. The van der Waals surface area contributed by atoms with E-state index in [0.29, 0.717) is 23.5 Å². The number of pyridine rings is 1. The van der Waals surface area contributed by atoms with Gasteiger partial charge >= 0.3 is 0 Å². The molecule has 1 fully saturated rings. The van der Waals surface area contributed by atoms with Gasteiger partial charge in [-0.15, -0.1) is 0 Å². The van der Waals surface area contributed by atoms with E-state index in [2.05, 4.69) is 31.3 Å². The van der Waals surface area contributed by atoms with Crippen LogP contribution in [0.4, 0.5) is 5.82 Å². The number of hydrogen-bond acceptors (Lipinski definition) is 5. The second kappa shape index (κ2) is 7.96. The van der Waals surface area contributed by atoms with Crippen LogP contribution in [0.2, 0.25) is 0 Å². The third-order valence-corrected chi connectivity index (χ3v) is 7.35. The van der Waals surface area contributed by atoms with Crippen molar-refractivity contribution in [1.29, 1.82) is 0 Å². The monoisotopic (exact) mass is 488 g/mol. The number of carbonyl (C=O) groups excluding carboxylic acids is 1. The van der Waals surface area contributed by atoms with Crippen LogP contribution in [0.1, 0.15) is 34.2 Å². The Balaban J connectivity index is 1.58. The van der Waals surface area contributed by atoms with Gasteiger partial charge in [0.1, 0.15) is 5.82 Å². The number of amides is 1. The zero-order valence-corrected chi connectivity index (χ0v) is 19.0. The van der Waals surface area contributed by atoms with Crippen molar-refractivity contribution in [1.82, 2.24) is 14.8 Å². The quantitative estimate of drug-likeness (QED) is 0.600. The molecule has 0 spiro atoms. The summed E-state index contributed by atoms with van der Waals surface area (Å²) < 4.78 is 26.3. The Bertz CT molecular complexity index is 1240. The van der Waals surface area contributed by atoms with Crippen LogP contribution >= 0.6 is 15.9 Å². The van der Waals surface area contributed by atoms with Crippen LogP contribution in [0.5, 0.6) is 0 Å². The molecule has 0 bridgehead atoms. The summed E-state index contributed by atoms with van der Waals surface area (Å²) in [6.07, 6.45) is 0.494. The number of halogens is 1. The Morgan fingerprint density at radius 3 is 2.67 bits per heavy atom. The third-order valence-electron chi connectivity index (χ3n) is 5.10. The van der Waals surface area contributed by atoms with Gasteiger partial charge < -0.3 is 5.32 Å². The number of nitrogens with zero attached hydrogens (tertiary/aromatic N) is 3. The van der Waals surface area contributed by atoms with Crippen LogP contribution in [-0.2, 0) is 9.84 Å². The summed E-state index contributed by atoms with van der Waals surface area (Å²) in [5.41, 5.74) is 3.52. The first-order valence-electron chi connectivity index (χ1n) is 9.53. The highest BCUT2D eigenvalue weighted by molar-refractivity contribution is 9.10. The van der Waals surface area contributed by atoms with Crippen LogP contribution in [0, 0.1) is 13.8 Å². The Labute approximate surface area is 183 Å². The van der Waals surface area contributed by atoms with E-state index in [1.165, 1.54) is 0 Å². The fourth-order valence-corrected chi connectivity index (χ4v) is 5.74. The first-order valence-corrected chi connectivity index (χ1v) is 12.1. The van der Waals surface area contributed by atoms with Gasteiger partial charge in [-0.3, -0.25) is 9.78 Å². The highest BCUT2D eigenvalue weighted by Crippen LogP contribution is 2.28. The molecule has 156 valence electrons. The Kier molecular flexibility index (Phi) is 5.50. The van der Waals surface area contributed by atoms with Gasteiger partial charge in [-0.2, -0.15) is 5.10 Å². The van der Waals surface area contributed by atoms with Crippen LogP contribution in [0.3, 0.4) is 0 Å². The molecular formula is C21H21BrN4O3S. The fourth-order valence-electron chi connectivity index (χ4n) is 3.65. The number of sulfone groups is 1. The van der Waals surface area contributed by atoms with Crippen LogP contribution in [0.25, 0.3) is 11.3 Å². The lowest BCUT2D eigenvalue weighted by Crippen LogP contribution is -2.20. The molecule has 9 heteroatoms. The number of anilines is 1. The van der Waals surface area contributed by atoms with Crippen molar-refractivity contribution in [3.05, 3.63) is 63.9 Å². The molecule has 1 unspecified atom stereocenters. The maximum atomic E-state index is 12.9. The molecule has 3 aromatic rings. The van der Waals surface area contributed by atoms with E-state index in [1.54, 1.807) is 23.7 Å². The zero-order valence-electron chi connectivity index (χ0n) is 16.6. The van der Waals surface area contributed by atoms with Crippen molar-refractivity contribution in [3.63, 3.8) is 0 Å². The number of rotatable bonds is 4. The molecule has 2 aromatic heterocycles. The Morgan fingerprint density at radius 1 is 1.20 bits per heavy atom. The van der Waals surface area contributed by atoms with E-state index >= 15 is 0 Å². The number of hydrogen-bond donors (Lipinski definition) is 1. The second-order valence-electron chi connectivity index (χ2n) is 7.47. The number of carbonyl (C=O) groups is 1. The van der Waals surface area contributed by atoms with Gasteiger partial charge in [0.25, 0.3) is 5.91 Å². The minimum absolute atomic E-state index is 0.0406. The van der Waals surface area contributed by atoms with Crippen molar-refractivity contribution < 1.29 is 13.2 Å². The van der Waals surface area contributed by atoms with E-state index in [1.807, 2.05) is 37.3 Å². The van der Waals surface area contributed by atoms with E-state index in [-0.39, 0.29) is 23.5 Å². The van der Waals surface area contributed by atoms with E-state index in [4.69, 9.17) is 0 Å². The smallest absolute Gasteiger partial charge is 0.258 e. The third kappa shape index (κ3) is 4.32. The number of nitrogens with one attached hydrogen (secondary N) is 1. The lowest BCUT2D eigenvalue weighted by Gasteiger charge is -2.14. The molecule has 0 saturated carbocycles. The van der Waals surface area contributed by atoms with Crippen molar-refractivity contribution >= 4 is 37.5 Å². The zero-order chi connectivity index (χ0) is 21.5. The number of benzene rings is 1. The van der Waals surface area contributed by atoms with Gasteiger partial charge in [-0.05, 0) is 44.5 Å². The normalized spacial score (nSPS) is 17.8. The first-order chi connectivity index (χ1) is 14.2. The summed E-state index contributed by atoms with van der Waals surface area (Å²) in [6.45, 7) is 3.61. The molecule has 1 aliphatic heterocycles. The van der Waals surface area contributed by atoms with Crippen molar-refractivity contribution in [3.8, 4) is 11.3 Å². The summed E-state index contributed by atoms with van der Waals surface area (Å²) in [4.78, 5) is 17.5. The molecule has 1 aliphatic rings. The largest absolute Gasteiger partial charge is 0.307 e. The van der Waals surface area contributed by atoms with Crippen LogP contribution in [0.15, 0.2) is 46.9 Å². The highest BCUT2D eigenvalue weighted by atomic mass is 79.9. The molecule has 3 heterocycles. The molecule has 1 atom stereocenters. The second-order valence-corrected chi connectivity index (χ2v) is 10.6. The van der Waals surface area contributed by atoms with Gasteiger partial charge in [0, 0.05) is 16.1 Å². The minimum atomic E-state index is -3.06. The molecular weight excluding hydrogens is 468 g/mol. The molecule has 1 aromatic carbocycles. The average molecular weight is 489 g/mol. The topological polar surface area (TPSA) is 94.0 Å². The van der Waals surface area contributed by atoms with Gasteiger partial charge in [0.2, 0.25) is 0 Å². The predicted octanol–water partition coefficient (Wildman–Crippen LogP) is 3.94. The molecule has 1 N–H and O–H groups in total. The summed E-state index contributed by atoms with van der Waals surface area (Å²) in [5, 5.41) is 7.29. The lowest BCUT2D eigenvalue weighted by molar-refractivity contribution is 0.102. The van der Waals surface area contributed by atoms with Gasteiger partial charge in [0.05, 0.1) is 40.2 Å². The molecule has 0 aliphatic carbocycles. The maximum absolute atomic E-state index is 12.9. The average Bonchev–Trinajstić information content (AvgIpc) is 3.22. The van der Waals surface area contributed by atoms with E-state index in [0.717, 1.165) is 21.4 Å². The first kappa shape index (κ1) is 20.7. The standard InChI is InChI=1S/C21H21BrN4O3S/c1-13-10-20(26(25-13)17-8-9-30(28,29)12-17)24-21(27)18-6-7-19(23-14(18)2)15-4-3-5-16(22)11-15/h3-7,10-11,17H,8-9,12H2,1-2H3,(H,24,27). The maximum Gasteiger partial charge on any atom is 0.258 e. The fraction of sp³-hybridized carbons (Fsp3) is 0.286. The van der Waals surface area contributed by atoms with E-state index < -0.39 is 9.84 Å². The SMILES string of the molecule is Cc1cc(NC(=O)c2ccc(-c3cccc(Br)c3)nc2C)n(C2CCS(=O)(=O)C2)n1. The summed E-state index contributed by atoms with van der Waals surface area (Å²) in [6, 6.07) is 12.9. The van der Waals surface area contributed by atoms with Crippen molar-refractivity contribution in [2.75, 3.05) is 16.8 Å². The molecule has 1 amide bonds. The number of aromatic nitrogens is 3. The predicted molar refractivity (Wildman–Crippen MR) is 119 cm³/mol. The minimum Gasteiger partial charge on any atom is -0.307 e. The van der Waals surface area contributed by atoms with Crippen LogP contribution < -0.4 is 5.32 Å². The summed E-state index contributed by atoms with van der Waals surface area (Å²) in [7, 11) is -3.06.